The molecule has 0 atom stereocenters. The fourth-order valence-corrected chi connectivity index (χ4v) is 2.14. The predicted molar refractivity (Wildman–Crippen MR) is 66.7 cm³/mol. The summed E-state index contributed by atoms with van der Waals surface area (Å²) in [6.07, 6.45) is 1.07. The van der Waals surface area contributed by atoms with E-state index in [1.165, 1.54) is 12.1 Å². The van der Waals surface area contributed by atoms with Crippen LogP contribution in [0.25, 0.3) is 6.08 Å². The molecule has 2 rings (SSSR count). The van der Waals surface area contributed by atoms with Gasteiger partial charge >= 0.3 is 0 Å². The fourth-order valence-electron chi connectivity index (χ4n) is 2.14. The summed E-state index contributed by atoms with van der Waals surface area (Å²) < 4.78 is 39.8. The molecule has 5 heteroatoms. The molecule has 0 unspecified atom stereocenters. The van der Waals surface area contributed by atoms with Crippen LogP contribution in [0.1, 0.15) is 27.9 Å². The fraction of sp³-hybridized carbons (Fsp3) is 0.357. The van der Waals surface area contributed by atoms with Crippen LogP contribution in [0.15, 0.2) is 18.7 Å². The van der Waals surface area contributed by atoms with Gasteiger partial charge in [0.05, 0.1) is 6.54 Å². The van der Waals surface area contributed by atoms with Crippen molar-refractivity contribution in [1.29, 1.82) is 0 Å². The van der Waals surface area contributed by atoms with Crippen molar-refractivity contribution < 1.29 is 18.0 Å². The Kier molecular flexibility index (Phi) is 3.39. The van der Waals surface area contributed by atoms with Gasteiger partial charge in [-0.1, -0.05) is 12.7 Å². The smallest absolute Gasteiger partial charge is 0.267 e. The summed E-state index contributed by atoms with van der Waals surface area (Å²) >= 11 is 0. The van der Waals surface area contributed by atoms with Gasteiger partial charge in [0, 0.05) is 18.5 Å². The molecule has 1 heterocycles. The number of hydrogen-bond acceptors (Lipinski definition) is 1. The molecule has 1 aliphatic heterocycles. The Labute approximate surface area is 109 Å². The number of hydrogen-bond donors (Lipinski definition) is 0. The third-order valence-corrected chi connectivity index (χ3v) is 3.24. The van der Waals surface area contributed by atoms with Crippen LogP contribution in [-0.2, 0) is 0 Å². The number of carbonyl (C=O) groups excluding carboxylic acids is 1. The van der Waals surface area contributed by atoms with Crippen molar-refractivity contribution in [2.75, 3.05) is 13.1 Å². The number of benzene rings is 1. The minimum Gasteiger partial charge on any atom is -0.332 e. The molecule has 0 spiro atoms. The molecule has 1 fully saturated rings. The van der Waals surface area contributed by atoms with Crippen LogP contribution in [0.5, 0.6) is 0 Å². The molecule has 1 aromatic rings. The van der Waals surface area contributed by atoms with Gasteiger partial charge in [-0.05, 0) is 30.2 Å². The lowest BCUT2D eigenvalue weighted by atomic mass is 10.0. The SMILES string of the molecule is C=Cc1cc(C)c(F)cc1C(=O)N1CCC(F)(F)C1. The lowest BCUT2D eigenvalue weighted by Gasteiger charge is -2.18. The van der Waals surface area contributed by atoms with Gasteiger partial charge in [0.2, 0.25) is 0 Å². The van der Waals surface area contributed by atoms with Gasteiger partial charge in [-0.3, -0.25) is 4.79 Å². The molecule has 102 valence electrons. The molecular formula is C14H14F3NO. The number of aryl methyl sites for hydroxylation is 1. The second-order valence-corrected chi connectivity index (χ2v) is 4.73. The van der Waals surface area contributed by atoms with Crippen LogP contribution in [0, 0.1) is 12.7 Å². The van der Waals surface area contributed by atoms with E-state index >= 15 is 0 Å². The lowest BCUT2D eigenvalue weighted by Crippen LogP contribution is -2.32. The van der Waals surface area contributed by atoms with Crippen LogP contribution in [-0.4, -0.2) is 29.8 Å². The summed E-state index contributed by atoms with van der Waals surface area (Å²) in [5, 5.41) is 0. The summed E-state index contributed by atoms with van der Waals surface area (Å²) in [5.41, 5.74) is 0.924. The van der Waals surface area contributed by atoms with Gasteiger partial charge in [-0.2, -0.15) is 0 Å². The average molecular weight is 269 g/mol. The first-order valence-corrected chi connectivity index (χ1v) is 5.94. The molecule has 0 bridgehead atoms. The van der Waals surface area contributed by atoms with E-state index in [-0.39, 0.29) is 18.5 Å². The predicted octanol–water partition coefficient (Wildman–Crippen LogP) is 3.26. The number of rotatable bonds is 2. The van der Waals surface area contributed by atoms with Crippen LogP contribution in [0.2, 0.25) is 0 Å². The second kappa shape index (κ2) is 4.72. The zero-order valence-corrected chi connectivity index (χ0v) is 10.5. The quantitative estimate of drug-likeness (QED) is 0.807. The molecule has 2 nitrogen and oxygen atoms in total. The monoisotopic (exact) mass is 269 g/mol. The highest BCUT2D eigenvalue weighted by atomic mass is 19.3. The summed E-state index contributed by atoms with van der Waals surface area (Å²) in [5.74, 6) is -3.96. The van der Waals surface area contributed by atoms with Crippen molar-refractivity contribution in [3.8, 4) is 0 Å². The summed E-state index contributed by atoms with van der Waals surface area (Å²) in [6.45, 7) is 4.50. The van der Waals surface area contributed by atoms with Crippen LogP contribution >= 0.6 is 0 Å². The molecule has 1 amide bonds. The highest BCUT2D eigenvalue weighted by Crippen LogP contribution is 2.29. The van der Waals surface area contributed by atoms with Crippen molar-refractivity contribution >= 4 is 12.0 Å². The Balaban J connectivity index is 2.34. The molecule has 0 radical (unpaired) electrons. The topological polar surface area (TPSA) is 20.3 Å². The number of halogens is 3. The van der Waals surface area contributed by atoms with E-state index in [4.69, 9.17) is 0 Å². The van der Waals surface area contributed by atoms with E-state index in [1.807, 2.05) is 0 Å². The van der Waals surface area contributed by atoms with Gasteiger partial charge < -0.3 is 4.90 Å². The van der Waals surface area contributed by atoms with E-state index < -0.39 is 24.2 Å². The number of likely N-dealkylation sites (tertiary alicyclic amines) is 1. The normalized spacial score (nSPS) is 17.6. The zero-order chi connectivity index (χ0) is 14.2. The van der Waals surface area contributed by atoms with E-state index in [9.17, 15) is 18.0 Å². The highest BCUT2D eigenvalue weighted by Gasteiger charge is 2.40. The van der Waals surface area contributed by atoms with Crippen molar-refractivity contribution in [2.24, 2.45) is 0 Å². The third kappa shape index (κ3) is 2.64. The molecular weight excluding hydrogens is 255 g/mol. The Morgan fingerprint density at radius 3 is 2.68 bits per heavy atom. The molecule has 0 N–H and O–H groups in total. The highest BCUT2D eigenvalue weighted by molar-refractivity contribution is 5.98. The molecule has 19 heavy (non-hydrogen) atoms. The maximum absolute atomic E-state index is 13.5. The summed E-state index contributed by atoms with van der Waals surface area (Å²) in [6, 6.07) is 2.58. The number of amides is 1. The first-order valence-electron chi connectivity index (χ1n) is 5.94. The second-order valence-electron chi connectivity index (χ2n) is 4.73. The van der Waals surface area contributed by atoms with Gasteiger partial charge in [-0.15, -0.1) is 0 Å². The van der Waals surface area contributed by atoms with E-state index in [1.54, 1.807) is 6.92 Å². The number of alkyl halides is 2. The van der Waals surface area contributed by atoms with Crippen LogP contribution in [0.4, 0.5) is 13.2 Å². The zero-order valence-electron chi connectivity index (χ0n) is 10.5. The van der Waals surface area contributed by atoms with E-state index in [0.29, 0.717) is 11.1 Å². The minimum absolute atomic E-state index is 0.0160. The van der Waals surface area contributed by atoms with Crippen molar-refractivity contribution in [1.82, 2.24) is 4.90 Å². The van der Waals surface area contributed by atoms with Crippen molar-refractivity contribution in [3.05, 3.63) is 41.2 Å². The maximum Gasteiger partial charge on any atom is 0.267 e. The van der Waals surface area contributed by atoms with Gasteiger partial charge in [0.15, 0.2) is 0 Å². The Hall–Kier alpha value is -1.78. The molecule has 1 saturated heterocycles. The Bertz CT molecular complexity index is 540. The molecule has 1 aliphatic rings. The summed E-state index contributed by atoms with van der Waals surface area (Å²) in [7, 11) is 0. The third-order valence-electron chi connectivity index (χ3n) is 3.24. The van der Waals surface area contributed by atoms with Crippen molar-refractivity contribution in [3.63, 3.8) is 0 Å². The van der Waals surface area contributed by atoms with E-state index in [0.717, 1.165) is 11.0 Å². The standard InChI is InChI=1S/C14H14F3NO/c1-3-10-6-9(2)12(15)7-11(10)13(19)18-5-4-14(16,17)8-18/h3,6-7H,1,4-5,8H2,2H3. The molecule has 0 aromatic heterocycles. The molecule has 0 saturated carbocycles. The van der Waals surface area contributed by atoms with Gasteiger partial charge in [-0.25, -0.2) is 13.2 Å². The molecule has 0 aliphatic carbocycles. The molecule has 1 aromatic carbocycles. The minimum atomic E-state index is -2.85. The van der Waals surface area contributed by atoms with Crippen molar-refractivity contribution in [2.45, 2.75) is 19.3 Å². The first-order chi connectivity index (χ1) is 8.84. The Morgan fingerprint density at radius 1 is 1.47 bits per heavy atom. The van der Waals surface area contributed by atoms with Gasteiger partial charge in [0.25, 0.3) is 11.8 Å². The summed E-state index contributed by atoms with van der Waals surface area (Å²) in [4.78, 5) is 13.2. The lowest BCUT2D eigenvalue weighted by molar-refractivity contribution is 0.0120. The van der Waals surface area contributed by atoms with Crippen LogP contribution in [0.3, 0.4) is 0 Å². The van der Waals surface area contributed by atoms with Gasteiger partial charge in [0.1, 0.15) is 5.82 Å². The van der Waals surface area contributed by atoms with Crippen LogP contribution < -0.4 is 0 Å². The largest absolute Gasteiger partial charge is 0.332 e. The Morgan fingerprint density at radius 2 is 2.16 bits per heavy atom. The first kappa shape index (κ1) is 13.6. The number of nitrogens with zero attached hydrogens (tertiary/aromatic N) is 1. The number of carbonyl (C=O) groups is 1. The van der Waals surface area contributed by atoms with E-state index in [2.05, 4.69) is 6.58 Å². The average Bonchev–Trinajstić information content (AvgIpc) is 2.71. The maximum atomic E-state index is 13.5.